The minimum absolute atomic E-state index is 0.0734. The van der Waals surface area contributed by atoms with Crippen molar-refractivity contribution in [1.29, 1.82) is 0 Å². The van der Waals surface area contributed by atoms with Crippen LogP contribution in [0.3, 0.4) is 0 Å². The van der Waals surface area contributed by atoms with Crippen LogP contribution in [0.2, 0.25) is 0 Å². The Labute approximate surface area is 155 Å². The third-order valence-electron chi connectivity index (χ3n) is 6.26. The maximum atomic E-state index is 5.32. The van der Waals surface area contributed by atoms with E-state index in [1.807, 2.05) is 0 Å². The van der Waals surface area contributed by atoms with Crippen LogP contribution in [0.5, 0.6) is 5.75 Å². The van der Waals surface area contributed by atoms with Crippen LogP contribution in [0, 0.1) is 0 Å². The molecule has 0 saturated carbocycles. The first kappa shape index (κ1) is 15.7. The Kier molecular flexibility index (Phi) is 3.44. The molecule has 2 nitrogen and oxygen atoms in total. The number of rotatable bonds is 3. The van der Waals surface area contributed by atoms with E-state index in [-0.39, 0.29) is 5.54 Å². The Morgan fingerprint density at radius 2 is 1.62 bits per heavy atom. The van der Waals surface area contributed by atoms with Gasteiger partial charge in [0, 0.05) is 12.6 Å². The van der Waals surface area contributed by atoms with Crippen molar-refractivity contribution in [2.45, 2.75) is 31.5 Å². The number of benzene rings is 3. The second-order valence-corrected chi connectivity index (χ2v) is 7.51. The molecule has 0 aliphatic carbocycles. The largest absolute Gasteiger partial charge is 0.497 e. The van der Waals surface area contributed by atoms with Crippen molar-refractivity contribution in [2.24, 2.45) is 0 Å². The number of fused-ring (bicyclic) bond motifs is 7. The Balaban J connectivity index is 1.63. The standard InChI is InChI=1S/C24H23NO/c1-24-21-9-5-3-7-18(21)15-23(20-8-4-6-10-22(20)24)25(24)16-17-11-13-19(26-2)14-12-17/h3-14,23H,15-16H2,1-2H3/t23-,24+/m1/s1. The van der Waals surface area contributed by atoms with Gasteiger partial charge < -0.3 is 4.74 Å². The van der Waals surface area contributed by atoms with E-state index in [0.717, 1.165) is 18.7 Å². The SMILES string of the molecule is COc1ccc(CN2[C@@H]3Cc4ccccc4[C@@]2(C)c2ccccc23)cc1. The zero-order chi connectivity index (χ0) is 17.7. The van der Waals surface area contributed by atoms with Crippen molar-refractivity contribution in [1.82, 2.24) is 4.90 Å². The summed E-state index contributed by atoms with van der Waals surface area (Å²) in [7, 11) is 1.72. The van der Waals surface area contributed by atoms with Crippen LogP contribution in [0.15, 0.2) is 72.8 Å². The van der Waals surface area contributed by atoms with Gasteiger partial charge in [-0.1, -0.05) is 60.7 Å². The lowest BCUT2D eigenvalue weighted by Gasteiger charge is -2.44. The molecule has 0 N–H and O–H groups in total. The molecular formula is C24H23NO. The predicted molar refractivity (Wildman–Crippen MR) is 104 cm³/mol. The summed E-state index contributed by atoms with van der Waals surface area (Å²) in [6.07, 6.45) is 1.08. The van der Waals surface area contributed by atoms with E-state index in [1.165, 1.54) is 27.8 Å². The molecule has 0 fully saturated rings. The molecule has 0 spiro atoms. The molecule has 130 valence electrons. The summed E-state index contributed by atoms with van der Waals surface area (Å²) in [5, 5.41) is 0. The lowest BCUT2D eigenvalue weighted by Crippen LogP contribution is -2.44. The summed E-state index contributed by atoms with van der Waals surface area (Å²) in [4.78, 5) is 2.68. The molecule has 0 amide bonds. The smallest absolute Gasteiger partial charge is 0.118 e. The van der Waals surface area contributed by atoms with E-state index < -0.39 is 0 Å². The highest BCUT2D eigenvalue weighted by Gasteiger charge is 2.51. The van der Waals surface area contributed by atoms with Crippen LogP contribution in [0.4, 0.5) is 0 Å². The predicted octanol–water partition coefficient (Wildman–Crippen LogP) is 5.07. The summed E-state index contributed by atoms with van der Waals surface area (Å²) in [5.41, 5.74) is 7.14. The molecule has 3 aromatic carbocycles. The first-order chi connectivity index (χ1) is 12.7. The van der Waals surface area contributed by atoms with Gasteiger partial charge in [-0.25, -0.2) is 0 Å². The molecule has 0 aromatic heterocycles. The van der Waals surface area contributed by atoms with E-state index in [2.05, 4.69) is 84.6 Å². The maximum absolute atomic E-state index is 5.32. The van der Waals surface area contributed by atoms with E-state index in [1.54, 1.807) is 7.11 Å². The summed E-state index contributed by atoms with van der Waals surface area (Å²) in [6, 6.07) is 26.9. The molecule has 2 aliphatic rings. The quantitative estimate of drug-likeness (QED) is 0.659. The second kappa shape index (κ2) is 5.72. The third kappa shape index (κ3) is 2.09. The second-order valence-electron chi connectivity index (χ2n) is 7.51. The van der Waals surface area contributed by atoms with Gasteiger partial charge in [-0.2, -0.15) is 0 Å². The Bertz CT molecular complexity index is 949. The first-order valence-electron chi connectivity index (χ1n) is 9.29. The fourth-order valence-corrected chi connectivity index (χ4v) is 4.96. The van der Waals surface area contributed by atoms with Gasteiger partial charge in [-0.05, 0) is 53.3 Å². The van der Waals surface area contributed by atoms with Gasteiger partial charge >= 0.3 is 0 Å². The third-order valence-corrected chi connectivity index (χ3v) is 6.26. The zero-order valence-electron chi connectivity index (χ0n) is 15.3. The molecule has 2 heterocycles. The number of hydrogen-bond donors (Lipinski definition) is 0. The zero-order valence-corrected chi connectivity index (χ0v) is 15.3. The normalized spacial score (nSPS) is 23.4. The number of nitrogens with zero attached hydrogens (tertiary/aromatic N) is 1. The highest BCUT2D eigenvalue weighted by molar-refractivity contribution is 5.54. The fourth-order valence-electron chi connectivity index (χ4n) is 4.96. The summed E-state index contributed by atoms with van der Waals surface area (Å²) in [6.45, 7) is 3.33. The van der Waals surface area contributed by atoms with Crippen molar-refractivity contribution < 1.29 is 4.74 Å². The topological polar surface area (TPSA) is 12.5 Å². The minimum atomic E-state index is -0.0734. The lowest BCUT2D eigenvalue weighted by atomic mass is 9.80. The average Bonchev–Trinajstić information content (AvgIpc) is 2.85. The molecule has 2 bridgehead atoms. The molecule has 2 heteroatoms. The number of ether oxygens (including phenoxy) is 1. The summed E-state index contributed by atoms with van der Waals surface area (Å²) < 4.78 is 5.32. The van der Waals surface area contributed by atoms with Crippen LogP contribution in [-0.4, -0.2) is 12.0 Å². The Morgan fingerprint density at radius 3 is 2.38 bits per heavy atom. The van der Waals surface area contributed by atoms with Gasteiger partial charge in [-0.3, -0.25) is 4.90 Å². The first-order valence-corrected chi connectivity index (χ1v) is 9.29. The van der Waals surface area contributed by atoms with Gasteiger partial charge in [0.15, 0.2) is 0 Å². The molecule has 0 radical (unpaired) electrons. The highest BCUT2D eigenvalue weighted by atomic mass is 16.5. The van der Waals surface area contributed by atoms with Crippen molar-refractivity contribution in [2.75, 3.05) is 7.11 Å². The molecular weight excluding hydrogens is 318 g/mol. The van der Waals surface area contributed by atoms with Crippen molar-refractivity contribution in [3.05, 3.63) is 101 Å². The average molecular weight is 341 g/mol. The van der Waals surface area contributed by atoms with Crippen LogP contribution in [0.25, 0.3) is 0 Å². The van der Waals surface area contributed by atoms with Crippen molar-refractivity contribution >= 4 is 0 Å². The maximum Gasteiger partial charge on any atom is 0.118 e. The minimum Gasteiger partial charge on any atom is -0.497 e. The molecule has 2 atom stereocenters. The van der Waals surface area contributed by atoms with Crippen LogP contribution in [0.1, 0.15) is 40.8 Å². The van der Waals surface area contributed by atoms with Gasteiger partial charge in [-0.15, -0.1) is 0 Å². The Morgan fingerprint density at radius 1 is 0.923 bits per heavy atom. The lowest BCUT2D eigenvalue weighted by molar-refractivity contribution is 0.0864. The van der Waals surface area contributed by atoms with E-state index in [9.17, 15) is 0 Å². The van der Waals surface area contributed by atoms with Gasteiger partial charge in [0.2, 0.25) is 0 Å². The van der Waals surface area contributed by atoms with Gasteiger partial charge in [0.05, 0.1) is 12.6 Å². The van der Waals surface area contributed by atoms with Crippen LogP contribution in [-0.2, 0) is 18.5 Å². The Hall–Kier alpha value is -2.58. The van der Waals surface area contributed by atoms with Gasteiger partial charge in [0.1, 0.15) is 5.75 Å². The number of methoxy groups -OCH3 is 1. The van der Waals surface area contributed by atoms with Crippen LogP contribution < -0.4 is 4.74 Å². The molecule has 26 heavy (non-hydrogen) atoms. The molecule has 0 saturated heterocycles. The van der Waals surface area contributed by atoms with Crippen molar-refractivity contribution in [3.8, 4) is 5.75 Å². The van der Waals surface area contributed by atoms with Crippen molar-refractivity contribution in [3.63, 3.8) is 0 Å². The summed E-state index contributed by atoms with van der Waals surface area (Å²) in [5.74, 6) is 0.912. The van der Waals surface area contributed by atoms with Crippen LogP contribution >= 0.6 is 0 Å². The molecule has 3 aromatic rings. The highest BCUT2D eigenvalue weighted by Crippen LogP contribution is 2.55. The summed E-state index contributed by atoms with van der Waals surface area (Å²) >= 11 is 0. The van der Waals surface area contributed by atoms with E-state index >= 15 is 0 Å². The monoisotopic (exact) mass is 341 g/mol. The molecule has 0 unspecified atom stereocenters. The van der Waals surface area contributed by atoms with E-state index in [0.29, 0.717) is 6.04 Å². The van der Waals surface area contributed by atoms with Gasteiger partial charge in [0.25, 0.3) is 0 Å². The number of hydrogen-bond acceptors (Lipinski definition) is 2. The molecule has 2 aliphatic heterocycles. The van der Waals surface area contributed by atoms with E-state index in [4.69, 9.17) is 4.74 Å². The molecule has 5 rings (SSSR count). The fraction of sp³-hybridized carbons (Fsp3) is 0.250.